The van der Waals surface area contributed by atoms with Gasteiger partial charge < -0.3 is 4.74 Å². The van der Waals surface area contributed by atoms with Gasteiger partial charge in [0.1, 0.15) is 10.0 Å². The van der Waals surface area contributed by atoms with Crippen LogP contribution in [0.25, 0.3) is 32.1 Å². The Morgan fingerprint density at radius 2 is 1.97 bits per heavy atom. The quantitative estimate of drug-likeness (QED) is 0.322. The first kappa shape index (κ1) is 20.8. The maximum Gasteiger partial charge on any atom is 0.191 e. The van der Waals surface area contributed by atoms with Crippen LogP contribution >= 0.6 is 11.3 Å². The molecule has 0 aliphatic rings. The van der Waals surface area contributed by atoms with E-state index >= 15 is 0 Å². The summed E-state index contributed by atoms with van der Waals surface area (Å²) in [6.45, 7) is 14.0. The lowest BCUT2D eigenvalue weighted by Gasteiger charge is -2.09. The molecule has 1 aromatic heterocycles. The van der Waals surface area contributed by atoms with Crippen molar-refractivity contribution in [2.24, 2.45) is 5.92 Å². The van der Waals surface area contributed by atoms with Gasteiger partial charge in [0.2, 0.25) is 0 Å². The summed E-state index contributed by atoms with van der Waals surface area (Å²) >= 11 is 1.56. The lowest BCUT2D eigenvalue weighted by Crippen LogP contribution is -1.94. The summed E-state index contributed by atoms with van der Waals surface area (Å²) in [6, 6.07) is 12.2. The third-order valence-electron chi connectivity index (χ3n) is 4.69. The molecule has 0 N–H and O–H groups in total. The zero-order chi connectivity index (χ0) is 20.8. The molecule has 3 rings (SSSR count). The first-order chi connectivity index (χ1) is 14.1. The Labute approximate surface area is 176 Å². The van der Waals surface area contributed by atoms with Crippen molar-refractivity contribution in [3.8, 4) is 21.1 Å². The zero-order valence-electron chi connectivity index (χ0n) is 17.3. The molecule has 0 radical (unpaired) electrons. The van der Waals surface area contributed by atoms with Crippen LogP contribution in [0.15, 0.2) is 42.7 Å². The van der Waals surface area contributed by atoms with Gasteiger partial charge in [0.15, 0.2) is 5.69 Å². The lowest BCUT2D eigenvalue weighted by atomic mass is 9.99. The minimum Gasteiger partial charge on any atom is -0.504 e. The fourth-order valence-electron chi connectivity index (χ4n) is 3.36. The molecule has 3 aromatic rings. The van der Waals surface area contributed by atoms with Crippen molar-refractivity contribution in [3.63, 3.8) is 0 Å². The van der Waals surface area contributed by atoms with E-state index in [0.29, 0.717) is 11.6 Å². The van der Waals surface area contributed by atoms with E-state index in [1.54, 1.807) is 24.7 Å². The minimum absolute atomic E-state index is 0.515. The molecule has 29 heavy (non-hydrogen) atoms. The van der Waals surface area contributed by atoms with Crippen LogP contribution in [0, 0.1) is 12.5 Å². The van der Waals surface area contributed by atoms with Crippen LogP contribution in [-0.2, 0) is 17.6 Å². The van der Waals surface area contributed by atoms with E-state index < -0.39 is 0 Å². The van der Waals surface area contributed by atoms with Crippen LogP contribution in [-0.4, -0.2) is 17.3 Å². The predicted octanol–water partition coefficient (Wildman–Crippen LogP) is 6.80. The molecule has 4 nitrogen and oxygen atoms in total. The molecule has 0 aliphatic carbocycles. The van der Waals surface area contributed by atoms with Gasteiger partial charge in [-0.05, 0) is 47.6 Å². The van der Waals surface area contributed by atoms with Crippen LogP contribution < -0.4 is 0 Å². The number of ether oxygens (including phenoxy) is 1. The number of methoxy groups -OCH3 is 1. The summed E-state index contributed by atoms with van der Waals surface area (Å²) in [6.07, 6.45) is 5.45. The number of rotatable bonds is 7. The topological polar surface area (TPSA) is 39.4 Å². The van der Waals surface area contributed by atoms with E-state index in [9.17, 15) is 0 Å². The highest BCUT2D eigenvalue weighted by Gasteiger charge is 2.15. The summed E-state index contributed by atoms with van der Waals surface area (Å²) in [5.74, 6) is 0.515. The van der Waals surface area contributed by atoms with Crippen molar-refractivity contribution < 1.29 is 4.74 Å². The predicted molar refractivity (Wildman–Crippen MR) is 121 cm³/mol. The minimum atomic E-state index is 0.515. The van der Waals surface area contributed by atoms with Crippen LogP contribution in [0.2, 0.25) is 0 Å². The van der Waals surface area contributed by atoms with E-state index in [-0.39, 0.29) is 0 Å². The number of benzene rings is 2. The average Bonchev–Trinajstić information content (AvgIpc) is 3.21. The van der Waals surface area contributed by atoms with Gasteiger partial charge >= 0.3 is 0 Å². The largest absolute Gasteiger partial charge is 0.504 e. The van der Waals surface area contributed by atoms with Crippen LogP contribution in [0.1, 0.15) is 37.5 Å². The molecule has 0 unspecified atom stereocenters. The van der Waals surface area contributed by atoms with Gasteiger partial charge in [0.25, 0.3) is 0 Å². The second-order valence-corrected chi connectivity index (χ2v) is 8.21. The van der Waals surface area contributed by atoms with Gasteiger partial charge in [-0.25, -0.2) is 4.85 Å². The normalized spacial score (nSPS) is 11.2. The van der Waals surface area contributed by atoms with Gasteiger partial charge in [-0.3, -0.25) is 0 Å². The van der Waals surface area contributed by atoms with E-state index in [0.717, 1.165) is 45.1 Å². The first-order valence-corrected chi connectivity index (χ1v) is 10.5. The summed E-state index contributed by atoms with van der Waals surface area (Å²) < 4.78 is 5.08. The van der Waals surface area contributed by atoms with E-state index in [1.807, 2.05) is 18.2 Å². The molecule has 0 saturated carbocycles. The SMILES string of the molecule is [C-]#[N+]c1cc(-c2nnc(-c3cccc(/C=C/OC)c3CC)s2)ccc1CC(C)C. The summed E-state index contributed by atoms with van der Waals surface area (Å²) in [7, 11) is 1.65. The number of hydrogen-bond donors (Lipinski definition) is 0. The number of aromatic nitrogens is 2. The van der Waals surface area contributed by atoms with Crippen molar-refractivity contribution in [3.05, 3.63) is 70.8 Å². The fourth-order valence-corrected chi connectivity index (χ4v) is 4.25. The van der Waals surface area contributed by atoms with Crippen LogP contribution in [0.3, 0.4) is 0 Å². The standard InChI is InChI=1S/C24H25N3OS/c1-6-20-17(12-13-28-5)8-7-9-21(20)24-27-26-23(29-24)19-11-10-18(14-16(2)3)22(15-19)25-4/h7-13,15-16H,6,14H2,1-3,5H3/b13-12+. The Morgan fingerprint density at radius 1 is 1.17 bits per heavy atom. The molecule has 0 atom stereocenters. The van der Waals surface area contributed by atoms with Gasteiger partial charge in [0.05, 0.1) is 19.9 Å². The molecule has 0 aliphatic heterocycles. The Kier molecular flexibility index (Phi) is 6.79. The molecular formula is C24H25N3OS. The molecule has 148 valence electrons. The number of hydrogen-bond acceptors (Lipinski definition) is 4. The molecule has 1 heterocycles. The molecule has 0 saturated heterocycles. The van der Waals surface area contributed by atoms with Crippen LogP contribution in [0.4, 0.5) is 5.69 Å². The van der Waals surface area contributed by atoms with Crippen molar-refractivity contribution in [2.45, 2.75) is 33.6 Å². The number of nitrogens with zero attached hydrogens (tertiary/aromatic N) is 3. The summed E-state index contributed by atoms with van der Waals surface area (Å²) in [5.41, 5.74) is 6.18. The van der Waals surface area contributed by atoms with Gasteiger partial charge in [-0.1, -0.05) is 62.4 Å². The molecule has 0 amide bonds. The lowest BCUT2D eigenvalue weighted by molar-refractivity contribution is 0.341. The Bertz CT molecular complexity index is 1060. The van der Waals surface area contributed by atoms with Gasteiger partial charge in [-0.15, -0.1) is 10.2 Å². The van der Waals surface area contributed by atoms with Crippen molar-refractivity contribution in [2.75, 3.05) is 7.11 Å². The zero-order valence-corrected chi connectivity index (χ0v) is 18.1. The van der Waals surface area contributed by atoms with E-state index in [2.05, 4.69) is 60.1 Å². The Morgan fingerprint density at radius 3 is 2.66 bits per heavy atom. The van der Waals surface area contributed by atoms with Crippen LogP contribution in [0.5, 0.6) is 0 Å². The monoisotopic (exact) mass is 403 g/mol. The Hall–Kier alpha value is -2.97. The van der Waals surface area contributed by atoms with E-state index in [4.69, 9.17) is 11.3 Å². The fraction of sp³-hybridized carbons (Fsp3) is 0.292. The van der Waals surface area contributed by atoms with E-state index in [1.165, 1.54) is 5.56 Å². The third kappa shape index (κ3) is 4.72. The maximum absolute atomic E-state index is 7.54. The third-order valence-corrected chi connectivity index (χ3v) is 5.69. The van der Waals surface area contributed by atoms with Gasteiger partial charge in [0, 0.05) is 11.1 Å². The second-order valence-electron chi connectivity index (χ2n) is 7.23. The first-order valence-electron chi connectivity index (χ1n) is 9.73. The highest BCUT2D eigenvalue weighted by Crippen LogP contribution is 2.35. The molecule has 0 spiro atoms. The van der Waals surface area contributed by atoms with Crippen molar-refractivity contribution in [1.29, 1.82) is 0 Å². The second kappa shape index (κ2) is 9.49. The summed E-state index contributed by atoms with van der Waals surface area (Å²) in [4.78, 5) is 3.73. The molecular weight excluding hydrogens is 378 g/mol. The highest BCUT2D eigenvalue weighted by atomic mass is 32.1. The Balaban J connectivity index is 1.98. The van der Waals surface area contributed by atoms with Crippen molar-refractivity contribution >= 4 is 23.1 Å². The van der Waals surface area contributed by atoms with Crippen molar-refractivity contribution in [1.82, 2.24) is 10.2 Å². The average molecular weight is 404 g/mol. The molecule has 0 fully saturated rings. The highest BCUT2D eigenvalue weighted by molar-refractivity contribution is 7.17. The summed E-state index contributed by atoms with van der Waals surface area (Å²) in [5, 5.41) is 10.6. The maximum atomic E-state index is 7.54. The molecule has 0 bridgehead atoms. The van der Waals surface area contributed by atoms with Gasteiger partial charge in [-0.2, -0.15) is 0 Å². The smallest absolute Gasteiger partial charge is 0.191 e. The molecule has 2 aromatic carbocycles. The molecule has 5 heteroatoms.